The summed E-state index contributed by atoms with van der Waals surface area (Å²) < 4.78 is 7.53. The highest BCUT2D eigenvalue weighted by molar-refractivity contribution is 7.99. The third-order valence-electron chi connectivity index (χ3n) is 3.91. The van der Waals surface area contributed by atoms with Gasteiger partial charge in [-0.1, -0.05) is 23.9 Å². The van der Waals surface area contributed by atoms with Crippen molar-refractivity contribution in [1.29, 1.82) is 0 Å². The molecular weight excluding hydrogens is 394 g/mol. The third-order valence-corrected chi connectivity index (χ3v) is 4.55. The molecule has 6 nitrogen and oxygen atoms in total. The van der Waals surface area contributed by atoms with Crippen LogP contribution in [0.25, 0.3) is 0 Å². The monoisotopic (exact) mass is 407 g/mol. The number of nitrogens with zero attached hydrogens (tertiary/aromatic N) is 2. The van der Waals surface area contributed by atoms with Crippen molar-refractivity contribution in [2.75, 3.05) is 11.6 Å². The largest absolute Gasteiger partial charge is 1.00 e. The van der Waals surface area contributed by atoms with Crippen LogP contribution in [-0.2, 0) is 6.67 Å². The number of pyridine rings is 1. The molecule has 0 fully saturated rings. The second kappa shape index (κ2) is 6.45. The molecule has 0 saturated carbocycles. The molecule has 124 valence electrons. The molecule has 2 aliphatic rings. The Morgan fingerprint density at radius 1 is 1.17 bits per heavy atom. The summed E-state index contributed by atoms with van der Waals surface area (Å²) in [6, 6.07) is 10.6. The standard InChI is InChI=1S/C16H13N3O3S.BrH/c1-23-16-17-13-12(22-16)7-4-8-18(13)9-19-14(20)10-5-2-3-6-11(10)15(19)21;/h2-8,16H,9H2,1H3;1H. The van der Waals surface area contributed by atoms with Gasteiger partial charge in [-0.2, -0.15) is 0 Å². The molecule has 24 heavy (non-hydrogen) atoms. The molecule has 1 unspecified atom stereocenters. The molecule has 2 aliphatic heterocycles. The predicted octanol–water partition coefficient (Wildman–Crippen LogP) is -1.32. The van der Waals surface area contributed by atoms with Gasteiger partial charge in [0.25, 0.3) is 17.4 Å². The van der Waals surface area contributed by atoms with Gasteiger partial charge in [0.1, 0.15) is 0 Å². The van der Waals surface area contributed by atoms with Crippen molar-refractivity contribution in [3.63, 3.8) is 0 Å². The second-order valence-corrected chi connectivity index (χ2v) is 6.15. The molecule has 0 saturated heterocycles. The number of ether oxygens (including phenoxy) is 1. The molecule has 4 rings (SSSR count). The van der Waals surface area contributed by atoms with Gasteiger partial charge >= 0.3 is 5.82 Å². The van der Waals surface area contributed by atoms with Crippen molar-refractivity contribution in [2.24, 2.45) is 0 Å². The molecule has 3 heterocycles. The number of aromatic nitrogens is 1. The highest BCUT2D eigenvalue weighted by atomic mass is 79.9. The number of carbonyl (C=O) groups is 2. The Morgan fingerprint density at radius 3 is 2.46 bits per heavy atom. The first-order chi connectivity index (χ1) is 11.2. The van der Waals surface area contributed by atoms with E-state index in [9.17, 15) is 9.59 Å². The highest BCUT2D eigenvalue weighted by Gasteiger charge is 2.38. The molecule has 1 atom stereocenters. The number of halogens is 1. The normalized spacial score (nSPS) is 17.7. The first-order valence-electron chi connectivity index (χ1n) is 7.12. The lowest BCUT2D eigenvalue weighted by Gasteiger charge is -2.13. The molecule has 0 radical (unpaired) electrons. The molecular formula is C16H14BrN3O3S. The van der Waals surface area contributed by atoms with Crippen LogP contribution < -0.4 is 31.6 Å². The summed E-state index contributed by atoms with van der Waals surface area (Å²) in [6.07, 6.45) is 3.76. The van der Waals surface area contributed by atoms with E-state index in [4.69, 9.17) is 4.74 Å². The van der Waals surface area contributed by atoms with E-state index in [0.29, 0.717) is 16.9 Å². The summed E-state index contributed by atoms with van der Waals surface area (Å²) >= 11 is 1.54. The Morgan fingerprint density at radius 2 is 1.83 bits per heavy atom. The van der Waals surface area contributed by atoms with Crippen LogP contribution in [0.5, 0.6) is 5.75 Å². The SMILES string of the molecule is CSC1Nc2c(ccc[n+]2CN2C(=O)c3ccccc3C2=O)O1.[Br-]. The average molecular weight is 408 g/mol. The topological polar surface area (TPSA) is 62.5 Å². The van der Waals surface area contributed by atoms with Crippen LogP contribution in [0.15, 0.2) is 42.6 Å². The summed E-state index contributed by atoms with van der Waals surface area (Å²) in [5.41, 5.74) is 0.745. The maximum absolute atomic E-state index is 12.5. The number of hydrogen-bond acceptors (Lipinski definition) is 5. The van der Waals surface area contributed by atoms with Crippen LogP contribution in [-0.4, -0.2) is 28.5 Å². The third kappa shape index (κ3) is 2.55. The Kier molecular flexibility index (Phi) is 4.51. The lowest BCUT2D eigenvalue weighted by atomic mass is 10.1. The van der Waals surface area contributed by atoms with Crippen molar-refractivity contribution < 1.29 is 35.9 Å². The van der Waals surface area contributed by atoms with Gasteiger partial charge < -0.3 is 21.7 Å². The summed E-state index contributed by atoms with van der Waals surface area (Å²) in [7, 11) is 0. The molecule has 2 aromatic rings. The zero-order valence-electron chi connectivity index (χ0n) is 12.7. The van der Waals surface area contributed by atoms with Crippen molar-refractivity contribution >= 4 is 29.4 Å². The molecule has 1 aromatic heterocycles. The Balaban J connectivity index is 0.00000169. The van der Waals surface area contributed by atoms with Crippen molar-refractivity contribution in [2.45, 2.75) is 12.2 Å². The van der Waals surface area contributed by atoms with E-state index >= 15 is 0 Å². The molecule has 8 heteroatoms. The molecule has 2 amide bonds. The zero-order valence-corrected chi connectivity index (χ0v) is 15.1. The summed E-state index contributed by atoms with van der Waals surface area (Å²) in [6.45, 7) is 0.146. The van der Waals surface area contributed by atoms with E-state index in [1.165, 1.54) is 16.7 Å². The van der Waals surface area contributed by atoms with Gasteiger partial charge in [-0.25, -0.2) is 14.8 Å². The minimum absolute atomic E-state index is 0. The van der Waals surface area contributed by atoms with Crippen molar-refractivity contribution in [3.05, 3.63) is 53.7 Å². The predicted molar refractivity (Wildman–Crippen MR) is 85.1 cm³/mol. The molecule has 1 aromatic carbocycles. The molecule has 1 N–H and O–H groups in total. The number of amides is 2. The molecule has 0 spiro atoms. The Hall–Kier alpha value is -2.06. The summed E-state index contributed by atoms with van der Waals surface area (Å²) in [5.74, 6) is 0.943. The first-order valence-corrected chi connectivity index (χ1v) is 8.41. The molecule has 0 bridgehead atoms. The van der Waals surface area contributed by atoms with Crippen LogP contribution >= 0.6 is 11.8 Å². The maximum Gasteiger partial charge on any atom is 0.322 e. The van der Waals surface area contributed by atoms with Crippen molar-refractivity contribution in [1.82, 2.24) is 4.90 Å². The van der Waals surface area contributed by atoms with Gasteiger partial charge in [0.15, 0.2) is 6.67 Å². The molecule has 0 aliphatic carbocycles. The van der Waals surface area contributed by atoms with Crippen LogP contribution in [0.4, 0.5) is 5.82 Å². The highest BCUT2D eigenvalue weighted by Crippen LogP contribution is 2.31. The van der Waals surface area contributed by atoms with Crippen LogP contribution in [0.1, 0.15) is 20.7 Å². The van der Waals surface area contributed by atoms with Gasteiger partial charge in [0.2, 0.25) is 5.75 Å². The van der Waals surface area contributed by atoms with Gasteiger partial charge in [0, 0.05) is 0 Å². The fourth-order valence-electron chi connectivity index (χ4n) is 2.78. The summed E-state index contributed by atoms with van der Waals surface area (Å²) in [5, 5.41) is 3.23. The number of hydrogen-bond donors (Lipinski definition) is 1. The number of imide groups is 1. The number of rotatable bonds is 3. The van der Waals surface area contributed by atoms with Gasteiger partial charge in [-0.05, 0) is 30.5 Å². The number of fused-ring (bicyclic) bond motifs is 2. The van der Waals surface area contributed by atoms with Gasteiger partial charge in [-0.15, -0.1) is 0 Å². The van der Waals surface area contributed by atoms with E-state index in [2.05, 4.69) is 5.32 Å². The number of thioether (sulfide) groups is 1. The first kappa shape index (κ1) is 16.8. The number of nitrogens with one attached hydrogen (secondary N) is 1. The van der Waals surface area contributed by atoms with Crippen LogP contribution in [0, 0.1) is 0 Å². The lowest BCUT2D eigenvalue weighted by molar-refractivity contribution is -0.695. The fourth-order valence-corrected chi connectivity index (χ4v) is 3.21. The lowest BCUT2D eigenvalue weighted by Crippen LogP contribution is -3.00. The van der Waals surface area contributed by atoms with Crippen molar-refractivity contribution in [3.8, 4) is 5.75 Å². The number of carbonyl (C=O) groups excluding carboxylic acids is 2. The van der Waals surface area contributed by atoms with E-state index in [1.54, 1.807) is 24.3 Å². The fraction of sp³-hybridized carbons (Fsp3) is 0.188. The quantitative estimate of drug-likeness (QED) is 0.505. The van der Waals surface area contributed by atoms with E-state index < -0.39 is 0 Å². The number of benzene rings is 1. The maximum atomic E-state index is 12.5. The van der Waals surface area contributed by atoms with Crippen LogP contribution in [0.3, 0.4) is 0 Å². The average Bonchev–Trinajstić information content (AvgIpc) is 3.11. The van der Waals surface area contributed by atoms with Gasteiger partial charge in [-0.3, -0.25) is 9.59 Å². The van der Waals surface area contributed by atoms with Gasteiger partial charge in [0.05, 0.1) is 17.3 Å². The Labute approximate surface area is 153 Å². The minimum Gasteiger partial charge on any atom is -1.00 e. The minimum atomic E-state index is -0.268. The van der Waals surface area contributed by atoms with E-state index in [-0.39, 0.29) is 41.0 Å². The number of anilines is 1. The zero-order chi connectivity index (χ0) is 16.0. The Bertz CT molecular complexity index is 795. The second-order valence-electron chi connectivity index (χ2n) is 5.25. The summed E-state index contributed by atoms with van der Waals surface area (Å²) in [4.78, 5) is 26.2. The van der Waals surface area contributed by atoms with Crippen LogP contribution in [0.2, 0.25) is 0 Å². The smallest absolute Gasteiger partial charge is 0.322 e. The van der Waals surface area contributed by atoms with E-state index in [1.807, 2.05) is 29.2 Å². The van der Waals surface area contributed by atoms with E-state index in [0.717, 1.165) is 5.82 Å².